The molecule has 0 aromatic carbocycles. The number of ether oxygens (including phenoxy) is 4. The average molecular weight is 517 g/mol. The first kappa shape index (κ1) is 28.4. The van der Waals surface area contributed by atoms with Gasteiger partial charge in [0, 0.05) is 18.4 Å². The zero-order valence-electron chi connectivity index (χ0n) is 21.9. The van der Waals surface area contributed by atoms with Gasteiger partial charge < -0.3 is 29.2 Å². The average Bonchev–Trinajstić information content (AvgIpc) is 3.53. The van der Waals surface area contributed by atoms with Crippen LogP contribution in [0.5, 0.6) is 0 Å². The highest BCUT2D eigenvalue weighted by Crippen LogP contribution is 2.22. The van der Waals surface area contributed by atoms with Gasteiger partial charge in [-0.15, -0.1) is 5.10 Å². The number of carbonyl (C=O) groups excluding carboxylic acids is 2. The molecule has 3 aromatic heterocycles. The van der Waals surface area contributed by atoms with Crippen molar-refractivity contribution in [2.45, 2.75) is 27.3 Å². The molecule has 3 heterocycles. The van der Waals surface area contributed by atoms with Crippen molar-refractivity contribution in [1.82, 2.24) is 25.0 Å². The minimum atomic E-state index is -0.408. The number of carbonyl (C=O) groups is 2. The molecule has 0 bridgehead atoms. The Kier molecular flexibility index (Phi) is 11.1. The zero-order valence-corrected chi connectivity index (χ0v) is 21.9. The fraction of sp³-hybridized carbons (Fsp3) is 0.560. The summed E-state index contributed by atoms with van der Waals surface area (Å²) in [5.41, 5.74) is 1.77. The molecule has 37 heavy (non-hydrogen) atoms. The van der Waals surface area contributed by atoms with Crippen LogP contribution in [0.4, 0.5) is 5.69 Å². The van der Waals surface area contributed by atoms with E-state index in [0.29, 0.717) is 69.8 Å². The summed E-state index contributed by atoms with van der Waals surface area (Å²) in [6, 6.07) is 3.52. The highest BCUT2D eigenvalue weighted by molar-refractivity contribution is 6.04. The van der Waals surface area contributed by atoms with E-state index in [1.165, 1.54) is 6.20 Å². The predicted molar refractivity (Wildman–Crippen MR) is 137 cm³/mol. The summed E-state index contributed by atoms with van der Waals surface area (Å²) >= 11 is 0. The van der Waals surface area contributed by atoms with Gasteiger partial charge in [0.05, 0.1) is 76.6 Å². The predicted octanol–water partition coefficient (Wildman–Crippen LogP) is 2.58. The van der Waals surface area contributed by atoms with Gasteiger partial charge in [-0.1, -0.05) is 26.0 Å². The topological polar surface area (TPSA) is 142 Å². The Morgan fingerprint density at radius 3 is 2.35 bits per heavy atom. The quantitative estimate of drug-likeness (QED) is 0.204. The lowest BCUT2D eigenvalue weighted by atomic mass is 9.92. The summed E-state index contributed by atoms with van der Waals surface area (Å²) in [7, 11) is 1.63. The van der Waals surface area contributed by atoms with Gasteiger partial charge in [-0.3, -0.25) is 9.59 Å². The van der Waals surface area contributed by atoms with Crippen molar-refractivity contribution in [3.8, 4) is 0 Å². The third kappa shape index (κ3) is 8.71. The van der Waals surface area contributed by atoms with Crippen molar-refractivity contribution in [2.75, 3.05) is 58.7 Å². The molecular weight excluding hydrogens is 480 g/mol. The van der Waals surface area contributed by atoms with Crippen LogP contribution in [0.25, 0.3) is 11.0 Å². The van der Waals surface area contributed by atoms with Gasteiger partial charge in [-0.25, -0.2) is 9.67 Å². The molecule has 1 amide bonds. The van der Waals surface area contributed by atoms with Crippen molar-refractivity contribution in [1.29, 1.82) is 0 Å². The fourth-order valence-corrected chi connectivity index (χ4v) is 3.31. The van der Waals surface area contributed by atoms with Gasteiger partial charge in [0.25, 0.3) is 5.91 Å². The largest absolute Gasteiger partial charge is 0.382 e. The summed E-state index contributed by atoms with van der Waals surface area (Å²) in [5.74, 6) is -0.243. The Balaban J connectivity index is 1.41. The monoisotopic (exact) mass is 516 g/mol. The van der Waals surface area contributed by atoms with Crippen LogP contribution in [-0.4, -0.2) is 90.0 Å². The van der Waals surface area contributed by atoms with E-state index >= 15 is 0 Å². The fourth-order valence-electron chi connectivity index (χ4n) is 3.31. The number of aromatic amines is 1. The number of nitrogens with one attached hydrogen (secondary N) is 2. The summed E-state index contributed by atoms with van der Waals surface area (Å²) in [4.78, 5) is 32.6. The van der Waals surface area contributed by atoms with Crippen LogP contribution < -0.4 is 5.32 Å². The first-order valence-corrected chi connectivity index (χ1v) is 12.4. The van der Waals surface area contributed by atoms with Crippen LogP contribution in [0.3, 0.4) is 0 Å². The summed E-state index contributed by atoms with van der Waals surface area (Å²) < 4.78 is 22.7. The Hall–Kier alpha value is -3.19. The third-order valence-corrected chi connectivity index (χ3v) is 5.82. The van der Waals surface area contributed by atoms with E-state index in [1.807, 2.05) is 20.8 Å². The van der Waals surface area contributed by atoms with Crippen LogP contribution in [0.1, 0.15) is 41.7 Å². The number of amides is 1. The second-order valence-electron chi connectivity index (χ2n) is 8.89. The number of nitrogens with zero attached hydrogens (tertiary/aromatic N) is 4. The second kappa shape index (κ2) is 14.5. The number of anilines is 1. The first-order chi connectivity index (χ1) is 17.9. The number of Topliss-reactive ketones (excluding diaryl/α,β-unsaturated/α-hetero) is 1. The number of fused-ring (bicyclic) bond motifs is 1. The molecule has 0 aliphatic rings. The molecule has 0 saturated carbocycles. The van der Waals surface area contributed by atoms with Crippen molar-refractivity contribution >= 4 is 28.4 Å². The zero-order chi connectivity index (χ0) is 26.6. The van der Waals surface area contributed by atoms with Gasteiger partial charge in [0.1, 0.15) is 5.65 Å². The lowest BCUT2D eigenvalue weighted by molar-refractivity contribution is 0.00244. The van der Waals surface area contributed by atoms with E-state index in [9.17, 15) is 9.59 Å². The standard InChI is InChI=1S/C25H36N6O6/c1-17(2)18(3)23(32)21-14-19-13-20(15-26-24(19)28-21)27-25(33)22-16-31(30-29-22)5-6-35-9-10-37-12-11-36-8-7-34-4/h13-18H,5-12H2,1-4H3,(H,26,28)(H,27,33). The molecule has 1 unspecified atom stereocenters. The number of hydrogen-bond donors (Lipinski definition) is 2. The maximum Gasteiger partial charge on any atom is 0.277 e. The van der Waals surface area contributed by atoms with Crippen molar-refractivity contribution in [3.63, 3.8) is 0 Å². The molecule has 12 nitrogen and oxygen atoms in total. The maximum atomic E-state index is 12.6. The lowest BCUT2D eigenvalue weighted by Crippen LogP contribution is -2.17. The molecule has 0 aliphatic heterocycles. The summed E-state index contributed by atoms with van der Waals surface area (Å²) in [6.07, 6.45) is 3.09. The van der Waals surface area contributed by atoms with Gasteiger partial charge in [-0.05, 0) is 18.1 Å². The van der Waals surface area contributed by atoms with E-state index in [0.717, 1.165) is 5.39 Å². The van der Waals surface area contributed by atoms with Gasteiger partial charge in [0.15, 0.2) is 11.5 Å². The molecule has 0 radical (unpaired) electrons. The molecule has 2 N–H and O–H groups in total. The van der Waals surface area contributed by atoms with Crippen LogP contribution >= 0.6 is 0 Å². The van der Waals surface area contributed by atoms with Crippen LogP contribution in [0, 0.1) is 11.8 Å². The maximum absolute atomic E-state index is 12.6. The number of H-pyrrole nitrogens is 1. The number of rotatable bonds is 17. The minimum absolute atomic E-state index is 0.0371. The van der Waals surface area contributed by atoms with Crippen LogP contribution in [0.15, 0.2) is 24.5 Å². The molecular formula is C25H36N6O6. The van der Waals surface area contributed by atoms with E-state index < -0.39 is 5.91 Å². The molecule has 202 valence electrons. The highest BCUT2D eigenvalue weighted by atomic mass is 16.6. The summed E-state index contributed by atoms with van der Waals surface area (Å²) in [6.45, 7) is 9.83. The normalized spacial score (nSPS) is 12.4. The minimum Gasteiger partial charge on any atom is -0.382 e. The molecule has 0 spiro atoms. The second-order valence-corrected chi connectivity index (χ2v) is 8.89. The Morgan fingerprint density at radius 2 is 1.68 bits per heavy atom. The SMILES string of the molecule is COCCOCCOCCOCCn1cc(C(=O)Nc2cnc3[nH]c(C(=O)C(C)C(C)C)cc3c2)nn1. The highest BCUT2D eigenvalue weighted by Gasteiger charge is 2.20. The van der Waals surface area contributed by atoms with Crippen LogP contribution in [0.2, 0.25) is 0 Å². The molecule has 0 aliphatic carbocycles. The molecule has 3 rings (SSSR count). The van der Waals surface area contributed by atoms with Crippen molar-refractivity contribution in [3.05, 3.63) is 35.9 Å². The van der Waals surface area contributed by atoms with E-state index in [1.54, 1.807) is 30.1 Å². The van der Waals surface area contributed by atoms with Gasteiger partial charge in [0.2, 0.25) is 0 Å². The van der Waals surface area contributed by atoms with Crippen LogP contribution in [-0.2, 0) is 25.5 Å². The first-order valence-electron chi connectivity index (χ1n) is 12.4. The smallest absolute Gasteiger partial charge is 0.277 e. The van der Waals surface area contributed by atoms with Crippen molar-refractivity contribution in [2.24, 2.45) is 11.8 Å². The molecule has 0 fully saturated rings. The number of aromatic nitrogens is 5. The lowest BCUT2D eigenvalue weighted by Gasteiger charge is -2.12. The van der Waals surface area contributed by atoms with Crippen molar-refractivity contribution < 1.29 is 28.5 Å². The molecule has 3 aromatic rings. The Morgan fingerprint density at radius 1 is 1.00 bits per heavy atom. The number of ketones is 1. The molecule has 0 saturated heterocycles. The van der Waals surface area contributed by atoms with Gasteiger partial charge in [-0.2, -0.15) is 0 Å². The third-order valence-electron chi connectivity index (χ3n) is 5.82. The number of pyridine rings is 1. The number of methoxy groups -OCH3 is 1. The van der Waals surface area contributed by atoms with E-state index in [4.69, 9.17) is 18.9 Å². The van der Waals surface area contributed by atoms with Gasteiger partial charge >= 0.3 is 0 Å². The molecule has 1 atom stereocenters. The Labute approximate surface area is 216 Å². The summed E-state index contributed by atoms with van der Waals surface area (Å²) in [5, 5.41) is 11.4. The van der Waals surface area contributed by atoms with E-state index in [-0.39, 0.29) is 23.3 Å². The van der Waals surface area contributed by atoms with E-state index in [2.05, 4.69) is 25.6 Å². The molecule has 12 heteroatoms. The Bertz CT molecular complexity index is 1140. The number of hydrogen-bond acceptors (Lipinski definition) is 9.